The molecule has 2 aromatic heterocycles. The number of nitrogens with zero attached hydrogens (tertiary/aromatic N) is 6. The maximum atomic E-state index is 13.5. The van der Waals surface area contributed by atoms with Gasteiger partial charge in [0.2, 0.25) is 0 Å². The fourth-order valence-electron chi connectivity index (χ4n) is 2.82. The van der Waals surface area contributed by atoms with Crippen LogP contribution in [0.3, 0.4) is 0 Å². The second-order valence-electron chi connectivity index (χ2n) is 6.64. The van der Waals surface area contributed by atoms with E-state index in [1.165, 1.54) is 30.5 Å². The zero-order valence-electron chi connectivity index (χ0n) is 16.6. The molecule has 1 aromatic carbocycles. The minimum atomic E-state index is -4.19. The summed E-state index contributed by atoms with van der Waals surface area (Å²) >= 11 is 1.20. The van der Waals surface area contributed by atoms with Crippen molar-refractivity contribution in [3.8, 4) is 16.5 Å². The molecule has 32 heavy (non-hydrogen) atoms. The SMILES string of the molecule is CN1C(C(=O)Nc2ccc(F)c(C#N)c2)=CC(c2ncc(-c3cnn(C)c3)s2)=NS1(=O)=O. The number of carbonyl (C=O) groups excluding carboxylic acids is 1. The first-order valence-corrected chi connectivity index (χ1v) is 11.2. The van der Waals surface area contributed by atoms with E-state index in [1.54, 1.807) is 36.4 Å². The van der Waals surface area contributed by atoms with Crippen LogP contribution in [-0.4, -0.2) is 46.2 Å². The Hall–Kier alpha value is -3.89. The minimum Gasteiger partial charge on any atom is -0.321 e. The van der Waals surface area contributed by atoms with Gasteiger partial charge in [0.05, 0.1) is 16.6 Å². The number of carbonyl (C=O) groups is 1. The number of anilines is 1. The van der Waals surface area contributed by atoms with E-state index in [9.17, 15) is 17.6 Å². The molecule has 0 unspecified atom stereocenters. The first-order valence-electron chi connectivity index (χ1n) is 8.94. The van der Waals surface area contributed by atoms with Crippen molar-refractivity contribution in [3.05, 3.63) is 65.0 Å². The number of hydrogen-bond acceptors (Lipinski definition) is 7. The number of amides is 1. The lowest BCUT2D eigenvalue weighted by Crippen LogP contribution is -2.35. The molecular weight excluding hydrogens is 457 g/mol. The first kappa shape index (κ1) is 21.3. The van der Waals surface area contributed by atoms with E-state index < -0.39 is 21.9 Å². The highest BCUT2D eigenvalue weighted by Crippen LogP contribution is 2.28. The van der Waals surface area contributed by atoms with Gasteiger partial charge >= 0.3 is 10.2 Å². The third-order valence-corrected chi connectivity index (χ3v) is 6.85. The number of nitrogens with one attached hydrogen (secondary N) is 1. The molecule has 13 heteroatoms. The van der Waals surface area contributed by atoms with Crippen LogP contribution in [-0.2, 0) is 22.1 Å². The third kappa shape index (κ3) is 4.01. The molecule has 3 heterocycles. The van der Waals surface area contributed by atoms with Gasteiger partial charge in [-0.3, -0.25) is 9.48 Å². The average molecular weight is 471 g/mol. The van der Waals surface area contributed by atoms with Gasteiger partial charge in [0.25, 0.3) is 5.91 Å². The van der Waals surface area contributed by atoms with Crippen LogP contribution in [0.5, 0.6) is 0 Å². The molecule has 0 spiro atoms. The number of thiazole rings is 1. The minimum absolute atomic E-state index is 0.00482. The Morgan fingerprint density at radius 2 is 2.06 bits per heavy atom. The van der Waals surface area contributed by atoms with Crippen molar-refractivity contribution in [2.24, 2.45) is 11.4 Å². The Morgan fingerprint density at radius 1 is 1.28 bits per heavy atom. The molecule has 0 radical (unpaired) electrons. The maximum absolute atomic E-state index is 13.5. The molecule has 0 fully saturated rings. The van der Waals surface area contributed by atoms with Crippen LogP contribution >= 0.6 is 11.3 Å². The number of aryl methyl sites for hydroxylation is 1. The van der Waals surface area contributed by atoms with E-state index in [4.69, 9.17) is 5.26 Å². The van der Waals surface area contributed by atoms with Crippen molar-refractivity contribution in [2.45, 2.75) is 0 Å². The number of aromatic nitrogens is 3. The normalized spacial score (nSPS) is 15.0. The lowest BCUT2D eigenvalue weighted by Gasteiger charge is -2.23. The average Bonchev–Trinajstić information content (AvgIpc) is 3.40. The summed E-state index contributed by atoms with van der Waals surface area (Å²) in [5.41, 5.74) is 0.478. The highest BCUT2D eigenvalue weighted by molar-refractivity contribution is 7.88. The van der Waals surface area contributed by atoms with E-state index in [0.717, 1.165) is 26.9 Å². The van der Waals surface area contributed by atoms with Crippen LogP contribution in [0.15, 0.2) is 53.0 Å². The van der Waals surface area contributed by atoms with Crippen LogP contribution in [0.1, 0.15) is 10.6 Å². The Kier molecular flexibility index (Phi) is 5.33. The molecule has 0 saturated carbocycles. The molecule has 0 atom stereocenters. The van der Waals surface area contributed by atoms with Gasteiger partial charge in [-0.15, -0.1) is 15.7 Å². The molecule has 1 aliphatic heterocycles. The summed E-state index contributed by atoms with van der Waals surface area (Å²) in [6.45, 7) is 0. The third-order valence-electron chi connectivity index (χ3n) is 4.46. The fourth-order valence-corrected chi connectivity index (χ4v) is 4.63. The molecule has 0 aliphatic carbocycles. The number of rotatable bonds is 4. The van der Waals surface area contributed by atoms with Crippen molar-refractivity contribution in [2.75, 3.05) is 12.4 Å². The number of nitriles is 1. The van der Waals surface area contributed by atoms with Crippen molar-refractivity contribution in [3.63, 3.8) is 0 Å². The molecule has 4 rings (SSSR count). The highest BCUT2D eigenvalue weighted by atomic mass is 32.2. The standard InChI is InChI=1S/C19H14FN7O3S2/c1-26-10-12(8-23-26)17-9-22-19(31-17)15-6-16(27(2)32(29,30)25-15)18(28)24-13-3-4-14(20)11(5-13)7-21/h3-6,8-10H,1-2H3,(H,24,28). The summed E-state index contributed by atoms with van der Waals surface area (Å²) in [6.07, 6.45) is 6.31. The van der Waals surface area contributed by atoms with Crippen LogP contribution < -0.4 is 5.32 Å². The molecule has 10 nitrogen and oxygen atoms in total. The molecule has 1 N–H and O–H groups in total. The Morgan fingerprint density at radius 3 is 2.75 bits per heavy atom. The number of likely N-dealkylation sites (N-methyl/N-ethyl adjacent to an activating group) is 1. The van der Waals surface area contributed by atoms with Crippen molar-refractivity contribution < 1.29 is 17.6 Å². The number of hydrogen-bond donors (Lipinski definition) is 1. The highest BCUT2D eigenvalue weighted by Gasteiger charge is 2.31. The van der Waals surface area contributed by atoms with Gasteiger partial charge < -0.3 is 5.32 Å². The van der Waals surface area contributed by atoms with E-state index in [-0.39, 0.29) is 22.7 Å². The fraction of sp³-hybridized carbons (Fsp3) is 0.105. The maximum Gasteiger partial charge on any atom is 0.345 e. The summed E-state index contributed by atoms with van der Waals surface area (Å²) in [6, 6.07) is 5.13. The predicted octanol–water partition coefficient (Wildman–Crippen LogP) is 2.06. The van der Waals surface area contributed by atoms with Gasteiger partial charge in [-0.25, -0.2) is 13.7 Å². The second-order valence-corrected chi connectivity index (χ2v) is 9.30. The van der Waals surface area contributed by atoms with Crippen molar-refractivity contribution >= 4 is 38.9 Å². The summed E-state index contributed by atoms with van der Waals surface area (Å²) in [4.78, 5) is 17.8. The largest absolute Gasteiger partial charge is 0.345 e. The summed E-state index contributed by atoms with van der Waals surface area (Å²) in [5.74, 6) is -1.51. The van der Waals surface area contributed by atoms with E-state index in [2.05, 4.69) is 19.8 Å². The Bertz CT molecular complexity index is 1450. The number of allylic oxidation sites excluding steroid dienone is 1. The van der Waals surface area contributed by atoms with Gasteiger partial charge in [-0.1, -0.05) is 0 Å². The topological polar surface area (TPSA) is 133 Å². The summed E-state index contributed by atoms with van der Waals surface area (Å²) in [7, 11) is -1.22. The number of benzene rings is 1. The van der Waals surface area contributed by atoms with Crippen molar-refractivity contribution in [1.82, 2.24) is 19.1 Å². The van der Waals surface area contributed by atoms with Crippen molar-refractivity contribution in [1.29, 1.82) is 5.26 Å². The molecule has 0 saturated heterocycles. The van der Waals surface area contributed by atoms with Gasteiger partial charge in [0, 0.05) is 37.7 Å². The molecule has 1 aliphatic rings. The van der Waals surface area contributed by atoms with Gasteiger partial charge in [-0.2, -0.15) is 18.8 Å². The van der Waals surface area contributed by atoms with Gasteiger partial charge in [-0.05, 0) is 24.3 Å². The molecule has 0 bridgehead atoms. The summed E-state index contributed by atoms with van der Waals surface area (Å²) in [5, 5.41) is 15.8. The second kappa shape index (κ2) is 7.98. The summed E-state index contributed by atoms with van der Waals surface area (Å²) < 4.78 is 44.7. The number of halogens is 1. The van der Waals surface area contributed by atoms with Crippen LogP contribution in [0.4, 0.5) is 10.1 Å². The van der Waals surface area contributed by atoms with Gasteiger partial charge in [0.15, 0.2) is 0 Å². The molecule has 3 aromatic rings. The molecule has 1 amide bonds. The van der Waals surface area contributed by atoms with Crippen LogP contribution in [0.2, 0.25) is 0 Å². The first-order chi connectivity index (χ1) is 15.2. The van der Waals surface area contributed by atoms with Crippen LogP contribution in [0.25, 0.3) is 10.4 Å². The smallest absolute Gasteiger partial charge is 0.321 e. The zero-order chi connectivity index (χ0) is 23.0. The Labute approximate surface area is 186 Å². The molecule has 162 valence electrons. The van der Waals surface area contributed by atoms with Gasteiger partial charge in [0.1, 0.15) is 28.3 Å². The lowest BCUT2D eigenvalue weighted by molar-refractivity contribution is -0.113. The zero-order valence-corrected chi connectivity index (χ0v) is 18.3. The molecular formula is C19H14FN7O3S2. The van der Waals surface area contributed by atoms with E-state index in [1.807, 2.05) is 0 Å². The van der Waals surface area contributed by atoms with E-state index in [0.29, 0.717) is 5.01 Å². The monoisotopic (exact) mass is 471 g/mol. The van der Waals surface area contributed by atoms with Crippen LogP contribution in [0, 0.1) is 17.1 Å². The quantitative estimate of drug-likeness (QED) is 0.619. The lowest BCUT2D eigenvalue weighted by atomic mass is 10.2. The Balaban J connectivity index is 1.67. The predicted molar refractivity (Wildman–Crippen MR) is 115 cm³/mol. The van der Waals surface area contributed by atoms with E-state index >= 15 is 0 Å².